The van der Waals surface area contributed by atoms with Gasteiger partial charge in [-0.1, -0.05) is 12.1 Å². The van der Waals surface area contributed by atoms with Crippen LogP contribution in [0.4, 0.5) is 5.69 Å². The van der Waals surface area contributed by atoms with Crippen LogP contribution in [0.15, 0.2) is 18.2 Å². The molecule has 2 N–H and O–H groups in total. The predicted molar refractivity (Wildman–Crippen MR) is 78.2 cm³/mol. The first-order valence-electron chi connectivity index (χ1n) is 6.84. The molecule has 0 aliphatic carbocycles. The van der Waals surface area contributed by atoms with E-state index in [-0.39, 0.29) is 0 Å². The van der Waals surface area contributed by atoms with Crippen LogP contribution in [0.25, 0.3) is 0 Å². The van der Waals surface area contributed by atoms with Crippen molar-refractivity contribution in [2.75, 3.05) is 38.1 Å². The molecule has 1 atom stereocenters. The first-order chi connectivity index (χ1) is 8.61. The van der Waals surface area contributed by atoms with E-state index >= 15 is 0 Å². The fraction of sp³-hybridized carbons (Fsp3) is 0.600. The molecule has 100 valence electrons. The van der Waals surface area contributed by atoms with E-state index in [0.717, 1.165) is 32.6 Å². The van der Waals surface area contributed by atoms with Crippen molar-refractivity contribution >= 4 is 5.69 Å². The van der Waals surface area contributed by atoms with E-state index in [9.17, 15) is 0 Å². The average molecular weight is 247 g/mol. The molecule has 0 bridgehead atoms. The molecule has 1 aliphatic heterocycles. The van der Waals surface area contributed by atoms with Gasteiger partial charge in [0.15, 0.2) is 0 Å². The number of anilines is 1. The summed E-state index contributed by atoms with van der Waals surface area (Å²) in [6, 6.07) is 7.27. The number of nitrogens with zero attached hydrogens (tertiary/aromatic N) is 2. The highest BCUT2D eigenvalue weighted by Crippen LogP contribution is 2.26. The lowest BCUT2D eigenvalue weighted by atomic mass is 10.0. The molecule has 1 aromatic carbocycles. The fourth-order valence-electron chi connectivity index (χ4n) is 2.80. The SMILES string of the molecule is Cc1ccc(C)c(N2CCN(C)CC2CCN)c1. The lowest BCUT2D eigenvalue weighted by Gasteiger charge is -2.42. The van der Waals surface area contributed by atoms with Crippen molar-refractivity contribution in [2.45, 2.75) is 26.3 Å². The fourth-order valence-corrected chi connectivity index (χ4v) is 2.80. The second-order valence-electron chi connectivity index (χ2n) is 5.48. The molecule has 1 fully saturated rings. The maximum atomic E-state index is 5.77. The minimum atomic E-state index is 0.550. The molecule has 1 unspecified atom stereocenters. The first-order valence-corrected chi connectivity index (χ1v) is 6.84. The molecule has 0 amide bonds. The third kappa shape index (κ3) is 2.85. The Balaban J connectivity index is 2.26. The number of piperazine rings is 1. The Labute approximate surface area is 111 Å². The maximum Gasteiger partial charge on any atom is 0.0429 e. The molecular weight excluding hydrogens is 222 g/mol. The predicted octanol–water partition coefficient (Wildman–Crippen LogP) is 1.77. The Morgan fingerprint density at radius 3 is 2.78 bits per heavy atom. The van der Waals surface area contributed by atoms with Crippen LogP contribution in [0.1, 0.15) is 17.5 Å². The Bertz CT molecular complexity index is 403. The summed E-state index contributed by atoms with van der Waals surface area (Å²) in [5.41, 5.74) is 9.86. The molecule has 0 spiro atoms. The van der Waals surface area contributed by atoms with Gasteiger partial charge in [0.05, 0.1) is 0 Å². The molecule has 1 heterocycles. The number of hydrogen-bond acceptors (Lipinski definition) is 3. The molecule has 2 rings (SSSR count). The number of likely N-dealkylation sites (N-methyl/N-ethyl adjacent to an activating group) is 1. The molecule has 0 radical (unpaired) electrons. The lowest BCUT2D eigenvalue weighted by molar-refractivity contribution is 0.261. The number of nitrogens with two attached hydrogens (primary N) is 1. The van der Waals surface area contributed by atoms with Gasteiger partial charge < -0.3 is 15.5 Å². The molecule has 1 aliphatic rings. The van der Waals surface area contributed by atoms with E-state index in [4.69, 9.17) is 5.73 Å². The van der Waals surface area contributed by atoms with Crippen LogP contribution >= 0.6 is 0 Å². The normalized spacial score (nSPS) is 21.3. The van der Waals surface area contributed by atoms with Gasteiger partial charge in [0.25, 0.3) is 0 Å². The van der Waals surface area contributed by atoms with Crippen molar-refractivity contribution in [2.24, 2.45) is 5.73 Å². The summed E-state index contributed by atoms with van der Waals surface area (Å²) in [6.07, 6.45) is 1.07. The Morgan fingerprint density at radius 2 is 2.06 bits per heavy atom. The van der Waals surface area contributed by atoms with Gasteiger partial charge in [-0.3, -0.25) is 0 Å². The van der Waals surface area contributed by atoms with Gasteiger partial charge >= 0.3 is 0 Å². The zero-order valence-electron chi connectivity index (χ0n) is 11.8. The highest BCUT2D eigenvalue weighted by molar-refractivity contribution is 5.56. The van der Waals surface area contributed by atoms with E-state index in [2.05, 4.69) is 48.9 Å². The summed E-state index contributed by atoms with van der Waals surface area (Å²) in [4.78, 5) is 4.96. The number of benzene rings is 1. The number of aryl methyl sites for hydroxylation is 2. The molecule has 1 saturated heterocycles. The molecule has 3 nitrogen and oxygen atoms in total. The summed E-state index contributed by atoms with van der Waals surface area (Å²) in [5.74, 6) is 0. The number of rotatable bonds is 3. The lowest BCUT2D eigenvalue weighted by Crippen LogP contribution is -2.52. The van der Waals surface area contributed by atoms with E-state index in [1.807, 2.05) is 0 Å². The molecule has 18 heavy (non-hydrogen) atoms. The van der Waals surface area contributed by atoms with Gasteiger partial charge in [-0.15, -0.1) is 0 Å². The van der Waals surface area contributed by atoms with Crippen molar-refractivity contribution in [3.8, 4) is 0 Å². The van der Waals surface area contributed by atoms with E-state index in [1.165, 1.54) is 16.8 Å². The van der Waals surface area contributed by atoms with E-state index in [0.29, 0.717) is 6.04 Å². The van der Waals surface area contributed by atoms with Crippen LogP contribution in [0.3, 0.4) is 0 Å². The van der Waals surface area contributed by atoms with Crippen molar-refractivity contribution in [3.05, 3.63) is 29.3 Å². The Hall–Kier alpha value is -1.06. The van der Waals surface area contributed by atoms with Gasteiger partial charge in [0, 0.05) is 31.4 Å². The highest BCUT2D eigenvalue weighted by atomic mass is 15.3. The maximum absolute atomic E-state index is 5.77. The third-order valence-electron chi connectivity index (χ3n) is 3.86. The van der Waals surface area contributed by atoms with Crippen molar-refractivity contribution in [3.63, 3.8) is 0 Å². The van der Waals surface area contributed by atoms with Gasteiger partial charge in [-0.05, 0) is 51.1 Å². The van der Waals surface area contributed by atoms with E-state index < -0.39 is 0 Å². The Kier molecular flexibility index (Phi) is 4.25. The minimum absolute atomic E-state index is 0.550. The molecule has 1 aromatic rings. The van der Waals surface area contributed by atoms with Gasteiger partial charge in [0.2, 0.25) is 0 Å². The van der Waals surface area contributed by atoms with Crippen LogP contribution in [0.2, 0.25) is 0 Å². The van der Waals surface area contributed by atoms with Crippen LogP contribution < -0.4 is 10.6 Å². The quantitative estimate of drug-likeness (QED) is 0.883. The third-order valence-corrected chi connectivity index (χ3v) is 3.86. The van der Waals surface area contributed by atoms with Crippen LogP contribution in [0.5, 0.6) is 0 Å². The van der Waals surface area contributed by atoms with Gasteiger partial charge in [0.1, 0.15) is 0 Å². The summed E-state index contributed by atoms with van der Waals surface area (Å²) >= 11 is 0. The second-order valence-corrected chi connectivity index (χ2v) is 5.48. The molecule has 3 heteroatoms. The minimum Gasteiger partial charge on any atom is -0.366 e. The molecular formula is C15H25N3. The van der Waals surface area contributed by atoms with Gasteiger partial charge in [-0.25, -0.2) is 0 Å². The monoisotopic (exact) mass is 247 g/mol. The van der Waals surface area contributed by atoms with Crippen LogP contribution in [0, 0.1) is 13.8 Å². The van der Waals surface area contributed by atoms with Crippen molar-refractivity contribution in [1.82, 2.24) is 4.90 Å². The second kappa shape index (κ2) is 5.72. The molecule has 0 aromatic heterocycles. The largest absolute Gasteiger partial charge is 0.366 e. The molecule has 0 saturated carbocycles. The van der Waals surface area contributed by atoms with E-state index in [1.54, 1.807) is 0 Å². The summed E-state index contributed by atoms with van der Waals surface area (Å²) < 4.78 is 0. The average Bonchev–Trinajstić information content (AvgIpc) is 2.33. The first kappa shape index (κ1) is 13.4. The van der Waals surface area contributed by atoms with Crippen LogP contribution in [-0.2, 0) is 0 Å². The summed E-state index contributed by atoms with van der Waals surface area (Å²) in [7, 11) is 2.20. The topological polar surface area (TPSA) is 32.5 Å². The van der Waals surface area contributed by atoms with Crippen molar-refractivity contribution < 1.29 is 0 Å². The standard InChI is InChI=1S/C15H25N3/c1-12-4-5-13(2)15(10-12)18-9-8-17(3)11-14(18)6-7-16/h4-5,10,14H,6-9,11,16H2,1-3H3. The van der Waals surface area contributed by atoms with Crippen LogP contribution in [-0.4, -0.2) is 44.2 Å². The van der Waals surface area contributed by atoms with Crippen molar-refractivity contribution in [1.29, 1.82) is 0 Å². The Morgan fingerprint density at radius 1 is 1.28 bits per heavy atom. The zero-order chi connectivity index (χ0) is 13.1. The smallest absolute Gasteiger partial charge is 0.0429 e. The highest BCUT2D eigenvalue weighted by Gasteiger charge is 2.25. The summed E-state index contributed by atoms with van der Waals surface area (Å²) in [5, 5.41) is 0. The number of hydrogen-bond donors (Lipinski definition) is 1. The zero-order valence-corrected chi connectivity index (χ0v) is 11.8. The summed E-state index contributed by atoms with van der Waals surface area (Å²) in [6.45, 7) is 8.48. The van der Waals surface area contributed by atoms with Gasteiger partial charge in [-0.2, -0.15) is 0 Å².